The van der Waals surface area contributed by atoms with Crippen LogP contribution in [0, 0.1) is 19.7 Å². The van der Waals surface area contributed by atoms with Gasteiger partial charge in [-0.25, -0.2) is 13.9 Å². The molecule has 29 heavy (non-hydrogen) atoms. The Morgan fingerprint density at radius 1 is 1.28 bits per heavy atom. The van der Waals surface area contributed by atoms with Crippen molar-refractivity contribution in [2.45, 2.75) is 13.8 Å². The Labute approximate surface area is 166 Å². The fourth-order valence-electron chi connectivity index (χ4n) is 2.95. The topological polar surface area (TPSA) is 98.2 Å². The van der Waals surface area contributed by atoms with Crippen LogP contribution in [0.3, 0.4) is 0 Å². The fraction of sp³-hybridized carbons (Fsp3) is 0.250. The van der Waals surface area contributed by atoms with Gasteiger partial charge in [-0.2, -0.15) is 5.10 Å². The van der Waals surface area contributed by atoms with E-state index in [1.54, 1.807) is 38.4 Å². The summed E-state index contributed by atoms with van der Waals surface area (Å²) in [7, 11) is 1.51. The summed E-state index contributed by atoms with van der Waals surface area (Å²) in [6.45, 7) is 3.71. The van der Waals surface area contributed by atoms with E-state index in [1.807, 2.05) is 0 Å². The number of halogens is 1. The van der Waals surface area contributed by atoms with Gasteiger partial charge in [0, 0.05) is 30.9 Å². The molecule has 0 fully saturated rings. The van der Waals surface area contributed by atoms with Gasteiger partial charge in [-0.15, -0.1) is 0 Å². The van der Waals surface area contributed by atoms with Crippen LogP contribution in [0.25, 0.3) is 5.69 Å². The lowest BCUT2D eigenvalue weighted by atomic mass is 10.1. The first-order valence-electron chi connectivity index (χ1n) is 8.88. The van der Waals surface area contributed by atoms with E-state index < -0.39 is 17.7 Å². The predicted octanol–water partition coefficient (Wildman–Crippen LogP) is 3.01. The number of carbonyl (C=O) groups is 2. The number of nitrogens with one attached hydrogen (secondary N) is 2. The highest BCUT2D eigenvalue weighted by Crippen LogP contribution is 2.22. The van der Waals surface area contributed by atoms with Crippen LogP contribution in [0.15, 0.2) is 36.7 Å². The van der Waals surface area contributed by atoms with Crippen LogP contribution in [-0.2, 0) is 9.47 Å². The summed E-state index contributed by atoms with van der Waals surface area (Å²) >= 11 is 0. The standard InChI is InChI=1S/C20H21FN4O4/c1-12-17(20(27)29-10-9-28-3)13(2)23-18(12)19(26)24-14-5-6-16(15(21)11-14)25-8-4-7-22-25/h4-8,11,23H,9-10H2,1-3H3,(H,24,26). The summed E-state index contributed by atoms with van der Waals surface area (Å²) in [6.07, 6.45) is 3.17. The monoisotopic (exact) mass is 400 g/mol. The van der Waals surface area contributed by atoms with Crippen molar-refractivity contribution in [3.8, 4) is 5.69 Å². The van der Waals surface area contributed by atoms with E-state index in [0.717, 1.165) is 0 Å². The zero-order chi connectivity index (χ0) is 21.0. The summed E-state index contributed by atoms with van der Waals surface area (Å²) in [5.74, 6) is -1.57. The number of aromatic amines is 1. The lowest BCUT2D eigenvalue weighted by Crippen LogP contribution is -2.15. The molecule has 0 radical (unpaired) electrons. The maximum Gasteiger partial charge on any atom is 0.340 e. The summed E-state index contributed by atoms with van der Waals surface area (Å²) in [4.78, 5) is 27.8. The first-order chi connectivity index (χ1) is 13.9. The number of hydrogen-bond donors (Lipinski definition) is 2. The zero-order valence-corrected chi connectivity index (χ0v) is 16.3. The minimum absolute atomic E-state index is 0.114. The number of aromatic nitrogens is 3. The van der Waals surface area contributed by atoms with Gasteiger partial charge < -0.3 is 19.8 Å². The number of H-pyrrole nitrogens is 1. The molecule has 152 valence electrons. The molecule has 0 aliphatic rings. The smallest absolute Gasteiger partial charge is 0.340 e. The van der Waals surface area contributed by atoms with Crippen LogP contribution in [0.5, 0.6) is 0 Å². The highest BCUT2D eigenvalue weighted by molar-refractivity contribution is 6.06. The third-order valence-corrected chi connectivity index (χ3v) is 4.35. The van der Waals surface area contributed by atoms with Crippen molar-refractivity contribution in [2.24, 2.45) is 0 Å². The Hall–Kier alpha value is -3.46. The number of ether oxygens (including phenoxy) is 2. The van der Waals surface area contributed by atoms with Crippen LogP contribution in [-0.4, -0.2) is 47.0 Å². The molecule has 0 bridgehead atoms. The molecular weight excluding hydrogens is 379 g/mol. The molecule has 1 aromatic carbocycles. The largest absolute Gasteiger partial charge is 0.460 e. The summed E-state index contributed by atoms with van der Waals surface area (Å²) in [5.41, 5.74) is 2.01. The second kappa shape index (κ2) is 8.70. The van der Waals surface area contributed by atoms with Crippen LogP contribution in [0.1, 0.15) is 32.1 Å². The molecule has 0 saturated heterocycles. The highest BCUT2D eigenvalue weighted by Gasteiger charge is 2.23. The summed E-state index contributed by atoms with van der Waals surface area (Å²) in [5, 5.41) is 6.62. The molecule has 3 aromatic rings. The number of anilines is 1. The van der Waals surface area contributed by atoms with Crippen molar-refractivity contribution in [1.29, 1.82) is 0 Å². The second-order valence-electron chi connectivity index (χ2n) is 6.32. The second-order valence-corrected chi connectivity index (χ2v) is 6.32. The number of nitrogens with zero attached hydrogens (tertiary/aromatic N) is 2. The van der Waals surface area contributed by atoms with Crippen LogP contribution in [0.4, 0.5) is 10.1 Å². The Balaban J connectivity index is 1.77. The van der Waals surface area contributed by atoms with Crippen molar-refractivity contribution < 1.29 is 23.5 Å². The molecular formula is C20H21FN4O4. The van der Waals surface area contributed by atoms with Crippen molar-refractivity contribution in [3.63, 3.8) is 0 Å². The number of amides is 1. The van der Waals surface area contributed by atoms with Gasteiger partial charge in [-0.1, -0.05) is 0 Å². The van der Waals surface area contributed by atoms with Crippen molar-refractivity contribution >= 4 is 17.6 Å². The van der Waals surface area contributed by atoms with Crippen molar-refractivity contribution in [2.75, 3.05) is 25.6 Å². The number of methoxy groups -OCH3 is 1. The van der Waals surface area contributed by atoms with E-state index in [2.05, 4.69) is 15.4 Å². The lowest BCUT2D eigenvalue weighted by Gasteiger charge is -2.08. The predicted molar refractivity (Wildman–Crippen MR) is 104 cm³/mol. The number of carbonyl (C=O) groups excluding carboxylic acids is 2. The van der Waals surface area contributed by atoms with E-state index in [-0.39, 0.29) is 30.3 Å². The Morgan fingerprint density at radius 3 is 2.72 bits per heavy atom. The van der Waals surface area contributed by atoms with Gasteiger partial charge >= 0.3 is 5.97 Å². The normalized spacial score (nSPS) is 10.8. The minimum atomic E-state index is -0.540. The molecule has 0 aliphatic carbocycles. The molecule has 8 nitrogen and oxygen atoms in total. The molecule has 1 amide bonds. The average Bonchev–Trinajstić information content (AvgIpc) is 3.30. The molecule has 0 spiro atoms. The number of aryl methyl sites for hydroxylation is 1. The van der Waals surface area contributed by atoms with Gasteiger partial charge in [0.25, 0.3) is 5.91 Å². The van der Waals surface area contributed by atoms with Gasteiger partial charge in [0.1, 0.15) is 18.0 Å². The van der Waals surface area contributed by atoms with Gasteiger partial charge in [0.05, 0.1) is 12.2 Å². The van der Waals surface area contributed by atoms with E-state index >= 15 is 0 Å². The van der Waals surface area contributed by atoms with Gasteiger partial charge in [0.2, 0.25) is 0 Å². The Kier molecular flexibility index (Phi) is 6.08. The quantitative estimate of drug-likeness (QED) is 0.469. The SMILES string of the molecule is COCCOC(=O)c1c(C)[nH]c(C(=O)Nc2ccc(-n3cccn3)c(F)c2)c1C. The third-order valence-electron chi connectivity index (χ3n) is 4.35. The number of benzene rings is 1. The minimum Gasteiger partial charge on any atom is -0.460 e. The first-order valence-corrected chi connectivity index (χ1v) is 8.88. The molecule has 0 saturated carbocycles. The highest BCUT2D eigenvalue weighted by atomic mass is 19.1. The first kappa shape index (κ1) is 20.3. The number of rotatable bonds is 7. The van der Waals surface area contributed by atoms with Crippen molar-refractivity contribution in [3.05, 3.63) is 65.0 Å². The molecule has 2 N–H and O–H groups in total. The van der Waals surface area contributed by atoms with Crippen LogP contribution < -0.4 is 5.32 Å². The van der Waals surface area contributed by atoms with Gasteiger partial charge in [0.15, 0.2) is 5.82 Å². The zero-order valence-electron chi connectivity index (χ0n) is 16.3. The molecule has 3 rings (SSSR count). The van der Waals surface area contributed by atoms with E-state index in [1.165, 1.54) is 23.9 Å². The molecule has 0 aliphatic heterocycles. The van der Waals surface area contributed by atoms with E-state index in [0.29, 0.717) is 16.8 Å². The third kappa shape index (κ3) is 4.35. The number of hydrogen-bond acceptors (Lipinski definition) is 5. The molecule has 2 aromatic heterocycles. The maximum absolute atomic E-state index is 14.4. The summed E-state index contributed by atoms with van der Waals surface area (Å²) in [6, 6.07) is 5.98. The van der Waals surface area contributed by atoms with Crippen LogP contribution in [0.2, 0.25) is 0 Å². The van der Waals surface area contributed by atoms with E-state index in [4.69, 9.17) is 9.47 Å². The lowest BCUT2D eigenvalue weighted by molar-refractivity contribution is 0.0387. The van der Waals surface area contributed by atoms with Gasteiger partial charge in [-0.05, 0) is 43.7 Å². The molecule has 9 heteroatoms. The Bertz CT molecular complexity index is 1030. The average molecular weight is 400 g/mol. The molecule has 0 atom stereocenters. The van der Waals surface area contributed by atoms with Crippen molar-refractivity contribution in [1.82, 2.24) is 14.8 Å². The summed E-state index contributed by atoms with van der Waals surface area (Å²) < 4.78 is 25.8. The Morgan fingerprint density at radius 2 is 2.07 bits per heavy atom. The maximum atomic E-state index is 14.4. The number of esters is 1. The molecule has 0 unspecified atom stereocenters. The van der Waals surface area contributed by atoms with Gasteiger partial charge in [-0.3, -0.25) is 4.79 Å². The molecule has 2 heterocycles. The fourth-order valence-corrected chi connectivity index (χ4v) is 2.95. The van der Waals surface area contributed by atoms with E-state index in [9.17, 15) is 14.0 Å². The van der Waals surface area contributed by atoms with Crippen LogP contribution >= 0.6 is 0 Å².